The Morgan fingerprint density at radius 3 is 2.95 bits per heavy atom. The Morgan fingerprint density at radius 1 is 1.50 bits per heavy atom. The van der Waals surface area contributed by atoms with Crippen LogP contribution in [0.25, 0.3) is 0 Å². The van der Waals surface area contributed by atoms with E-state index in [4.69, 9.17) is 26.8 Å². The molecule has 2 N–H and O–H groups in total. The number of ether oxygens (including phenoxy) is 2. The van der Waals surface area contributed by atoms with Crippen molar-refractivity contribution >= 4 is 18.2 Å². The van der Waals surface area contributed by atoms with Gasteiger partial charge in [-0.1, -0.05) is 6.07 Å². The first kappa shape index (κ1) is 14.6. The molecule has 8 heteroatoms. The van der Waals surface area contributed by atoms with E-state index < -0.39 is 5.97 Å². The molecule has 0 saturated carbocycles. The number of H-pyrrole nitrogens is 1. The Morgan fingerprint density at radius 2 is 2.27 bits per heavy atom. The van der Waals surface area contributed by atoms with Gasteiger partial charge in [0.15, 0.2) is 11.5 Å². The van der Waals surface area contributed by atoms with E-state index in [2.05, 4.69) is 10.1 Å². The number of rotatable bonds is 5. The zero-order valence-corrected chi connectivity index (χ0v) is 12.7. The van der Waals surface area contributed by atoms with Crippen molar-refractivity contribution < 1.29 is 19.4 Å². The van der Waals surface area contributed by atoms with Gasteiger partial charge in [0.05, 0.1) is 6.42 Å². The summed E-state index contributed by atoms with van der Waals surface area (Å²) in [4.78, 5) is 15.4. The average molecular weight is 321 g/mol. The van der Waals surface area contributed by atoms with Crippen LogP contribution in [0.5, 0.6) is 11.5 Å². The lowest BCUT2D eigenvalue weighted by molar-refractivity contribution is -0.137. The predicted molar refractivity (Wildman–Crippen MR) is 79.7 cm³/mol. The van der Waals surface area contributed by atoms with Gasteiger partial charge in [0, 0.05) is 19.4 Å². The van der Waals surface area contributed by atoms with Crippen LogP contribution in [0.3, 0.4) is 0 Å². The normalized spacial score (nSPS) is 14.0. The Balaban J connectivity index is 1.88. The molecular weight excluding hydrogens is 306 g/mol. The van der Waals surface area contributed by atoms with E-state index in [0.29, 0.717) is 28.5 Å². The van der Waals surface area contributed by atoms with Gasteiger partial charge in [-0.3, -0.25) is 14.6 Å². The molecule has 0 spiro atoms. The van der Waals surface area contributed by atoms with Crippen molar-refractivity contribution in [3.8, 4) is 11.5 Å². The lowest BCUT2D eigenvalue weighted by Crippen LogP contribution is -2.10. The molecular formula is C14H15N3O4S. The van der Waals surface area contributed by atoms with Crippen molar-refractivity contribution in [1.82, 2.24) is 14.8 Å². The second kappa shape index (κ2) is 5.80. The lowest BCUT2D eigenvalue weighted by atomic mass is 9.92. The number of aromatic amines is 1. The number of benzene rings is 1. The van der Waals surface area contributed by atoms with Crippen molar-refractivity contribution in [3.05, 3.63) is 34.4 Å². The van der Waals surface area contributed by atoms with Crippen molar-refractivity contribution in [3.63, 3.8) is 0 Å². The summed E-state index contributed by atoms with van der Waals surface area (Å²) < 4.78 is 12.7. The number of fused-ring (bicyclic) bond motifs is 1. The molecule has 2 heterocycles. The van der Waals surface area contributed by atoms with Gasteiger partial charge in [-0.2, -0.15) is 0 Å². The van der Waals surface area contributed by atoms with Crippen molar-refractivity contribution in [2.75, 3.05) is 6.79 Å². The summed E-state index contributed by atoms with van der Waals surface area (Å²) in [5.74, 6) is 0.887. The van der Waals surface area contributed by atoms with E-state index in [-0.39, 0.29) is 19.1 Å². The van der Waals surface area contributed by atoms with E-state index >= 15 is 0 Å². The van der Waals surface area contributed by atoms with Gasteiger partial charge in [0.1, 0.15) is 5.82 Å². The first-order valence-electron chi connectivity index (χ1n) is 6.76. The number of hydrogen-bond acceptors (Lipinski definition) is 5. The van der Waals surface area contributed by atoms with Crippen LogP contribution in [0, 0.1) is 4.77 Å². The summed E-state index contributed by atoms with van der Waals surface area (Å²) in [6, 6.07) is 5.49. The van der Waals surface area contributed by atoms with E-state index in [1.54, 1.807) is 17.8 Å². The maximum absolute atomic E-state index is 11.2. The summed E-state index contributed by atoms with van der Waals surface area (Å²) in [5.41, 5.74) is 0.872. The predicted octanol–water partition coefficient (Wildman–Crippen LogP) is 2.01. The number of nitrogens with one attached hydrogen (secondary N) is 1. The van der Waals surface area contributed by atoms with Crippen LogP contribution in [0.15, 0.2) is 18.2 Å². The van der Waals surface area contributed by atoms with Crippen LogP contribution >= 0.6 is 12.2 Å². The number of carboxylic acid groups (broad SMARTS) is 1. The maximum atomic E-state index is 11.2. The van der Waals surface area contributed by atoms with Crippen LogP contribution in [0.4, 0.5) is 0 Å². The fourth-order valence-electron chi connectivity index (χ4n) is 2.47. The topological polar surface area (TPSA) is 89.4 Å². The molecule has 1 unspecified atom stereocenters. The van der Waals surface area contributed by atoms with Crippen LogP contribution in [0.2, 0.25) is 0 Å². The molecule has 1 aliphatic heterocycles. The van der Waals surface area contributed by atoms with E-state index in [1.807, 2.05) is 12.1 Å². The Labute approximate surface area is 131 Å². The number of carboxylic acids is 1. The molecule has 0 fully saturated rings. The highest BCUT2D eigenvalue weighted by Gasteiger charge is 2.21. The molecule has 1 aliphatic rings. The Bertz CT molecular complexity index is 768. The van der Waals surface area contributed by atoms with Crippen molar-refractivity contribution in [1.29, 1.82) is 0 Å². The number of carbonyl (C=O) groups is 1. The highest BCUT2D eigenvalue weighted by atomic mass is 32.1. The molecule has 2 aromatic rings. The maximum Gasteiger partial charge on any atom is 0.303 e. The molecule has 7 nitrogen and oxygen atoms in total. The van der Waals surface area contributed by atoms with Gasteiger partial charge >= 0.3 is 5.97 Å². The molecule has 0 saturated heterocycles. The number of aromatic nitrogens is 3. The largest absolute Gasteiger partial charge is 0.481 e. The SMILES string of the molecule is Cn1[nH]c(CC(CC(=O)O)c2ccc3c(c2)OCO3)nc1=S. The molecule has 0 amide bonds. The van der Waals surface area contributed by atoms with Crippen LogP contribution in [0.1, 0.15) is 23.7 Å². The Kier molecular flexibility index (Phi) is 3.84. The number of nitrogens with zero attached hydrogens (tertiary/aromatic N) is 2. The summed E-state index contributed by atoms with van der Waals surface area (Å²) in [6.45, 7) is 0.190. The molecule has 22 heavy (non-hydrogen) atoms. The van der Waals surface area contributed by atoms with Gasteiger partial charge in [-0.15, -0.1) is 0 Å². The van der Waals surface area contributed by atoms with Gasteiger partial charge < -0.3 is 14.6 Å². The van der Waals surface area contributed by atoms with Crippen LogP contribution in [-0.2, 0) is 18.3 Å². The van der Waals surface area contributed by atoms with Crippen molar-refractivity contribution in [2.45, 2.75) is 18.8 Å². The van der Waals surface area contributed by atoms with Crippen LogP contribution in [-0.4, -0.2) is 32.6 Å². The monoisotopic (exact) mass is 321 g/mol. The van der Waals surface area contributed by atoms with Crippen molar-refractivity contribution in [2.24, 2.45) is 7.05 Å². The summed E-state index contributed by atoms with van der Waals surface area (Å²) in [5, 5.41) is 12.2. The number of hydrogen-bond donors (Lipinski definition) is 2. The minimum atomic E-state index is -0.864. The summed E-state index contributed by atoms with van der Waals surface area (Å²) in [7, 11) is 1.77. The molecule has 0 bridgehead atoms. The van der Waals surface area contributed by atoms with E-state index in [1.165, 1.54) is 0 Å². The standard InChI is InChI=1S/C14H15N3O4S/c1-17-14(22)15-12(16-17)5-9(6-13(18)19)8-2-3-10-11(4-8)21-7-20-10/h2-4,9H,5-7H2,1H3,(H,18,19)(H,15,16,22). The van der Waals surface area contributed by atoms with E-state index in [0.717, 1.165) is 5.56 Å². The zero-order chi connectivity index (χ0) is 15.7. The Hall–Kier alpha value is -2.35. The minimum absolute atomic E-state index is 0.00315. The quantitative estimate of drug-likeness (QED) is 0.819. The summed E-state index contributed by atoms with van der Waals surface area (Å²) in [6.07, 6.45) is 0.452. The number of aryl methyl sites for hydroxylation is 1. The molecule has 0 aliphatic carbocycles. The molecule has 1 atom stereocenters. The van der Waals surface area contributed by atoms with Gasteiger partial charge in [-0.25, -0.2) is 4.98 Å². The zero-order valence-electron chi connectivity index (χ0n) is 11.9. The third kappa shape index (κ3) is 2.96. The van der Waals surface area contributed by atoms with Gasteiger partial charge in [0.25, 0.3) is 0 Å². The molecule has 116 valence electrons. The lowest BCUT2D eigenvalue weighted by Gasteiger charge is -2.14. The van der Waals surface area contributed by atoms with Gasteiger partial charge in [0.2, 0.25) is 11.6 Å². The molecule has 1 aromatic heterocycles. The summed E-state index contributed by atoms with van der Waals surface area (Å²) >= 11 is 5.06. The highest BCUT2D eigenvalue weighted by molar-refractivity contribution is 7.71. The third-order valence-corrected chi connectivity index (χ3v) is 3.91. The average Bonchev–Trinajstić information content (AvgIpc) is 3.04. The first-order chi connectivity index (χ1) is 10.5. The molecule has 1 aromatic carbocycles. The van der Waals surface area contributed by atoms with E-state index in [9.17, 15) is 4.79 Å². The smallest absolute Gasteiger partial charge is 0.303 e. The fourth-order valence-corrected chi connectivity index (χ4v) is 2.62. The molecule has 3 rings (SSSR count). The van der Waals surface area contributed by atoms with Crippen LogP contribution < -0.4 is 9.47 Å². The first-order valence-corrected chi connectivity index (χ1v) is 7.17. The second-order valence-electron chi connectivity index (χ2n) is 5.12. The highest BCUT2D eigenvalue weighted by Crippen LogP contribution is 2.36. The second-order valence-corrected chi connectivity index (χ2v) is 5.49. The molecule has 0 radical (unpaired) electrons. The van der Waals surface area contributed by atoms with Gasteiger partial charge in [-0.05, 0) is 29.9 Å². The third-order valence-electron chi connectivity index (χ3n) is 3.54. The number of aliphatic carboxylic acids is 1. The minimum Gasteiger partial charge on any atom is -0.481 e. The fraction of sp³-hybridized carbons (Fsp3) is 0.357.